The molecule has 0 spiro atoms. The van der Waals surface area contributed by atoms with Gasteiger partial charge >= 0.3 is 0 Å². The number of nitrogens with one attached hydrogen (secondary N) is 1. The number of nitrogens with zero attached hydrogens (tertiary/aromatic N) is 2. The fraction of sp³-hybridized carbons (Fsp3) is 0.643. The van der Waals surface area contributed by atoms with Crippen LogP contribution in [0.3, 0.4) is 0 Å². The normalized spacial score (nSPS) is 22.1. The Kier molecular flexibility index (Phi) is 4.66. The number of rotatable bonds is 4. The fourth-order valence-corrected chi connectivity index (χ4v) is 2.77. The molecule has 2 heterocycles. The summed E-state index contributed by atoms with van der Waals surface area (Å²) in [5.74, 6) is -0.270. The van der Waals surface area contributed by atoms with Crippen molar-refractivity contribution in [2.24, 2.45) is 0 Å². The van der Waals surface area contributed by atoms with Crippen molar-refractivity contribution < 1.29 is 4.39 Å². The van der Waals surface area contributed by atoms with Gasteiger partial charge in [-0.2, -0.15) is 0 Å². The van der Waals surface area contributed by atoms with E-state index in [0.717, 1.165) is 25.3 Å². The lowest BCUT2D eigenvalue weighted by Crippen LogP contribution is -2.47. The lowest BCUT2D eigenvalue weighted by Gasteiger charge is -2.37. The molecule has 3 nitrogen and oxygen atoms in total. The Hall–Kier alpha value is -1.00. The zero-order valence-electron chi connectivity index (χ0n) is 11.2. The first-order valence-electron chi connectivity index (χ1n) is 6.80. The third kappa shape index (κ3) is 3.06. The molecule has 1 fully saturated rings. The van der Waals surface area contributed by atoms with Gasteiger partial charge in [0.2, 0.25) is 0 Å². The van der Waals surface area contributed by atoms with E-state index in [9.17, 15) is 4.39 Å². The third-order valence-electron chi connectivity index (χ3n) is 3.78. The summed E-state index contributed by atoms with van der Waals surface area (Å²) < 4.78 is 12.9. The van der Waals surface area contributed by atoms with Crippen molar-refractivity contribution in [3.63, 3.8) is 0 Å². The Bertz CT molecular complexity index is 360. The molecular formula is C14H22FN3. The summed E-state index contributed by atoms with van der Waals surface area (Å²) in [6.45, 7) is 7.48. The van der Waals surface area contributed by atoms with E-state index in [1.807, 2.05) is 0 Å². The highest BCUT2D eigenvalue weighted by Crippen LogP contribution is 2.23. The van der Waals surface area contributed by atoms with Crippen molar-refractivity contribution in [2.45, 2.75) is 38.8 Å². The Morgan fingerprint density at radius 3 is 2.94 bits per heavy atom. The van der Waals surface area contributed by atoms with Gasteiger partial charge in [-0.1, -0.05) is 6.92 Å². The molecular weight excluding hydrogens is 229 g/mol. The van der Waals surface area contributed by atoms with Crippen molar-refractivity contribution in [3.8, 4) is 0 Å². The third-order valence-corrected chi connectivity index (χ3v) is 3.78. The van der Waals surface area contributed by atoms with Crippen LogP contribution < -0.4 is 5.32 Å². The molecule has 1 aliphatic heterocycles. The highest BCUT2D eigenvalue weighted by molar-refractivity contribution is 5.09. The summed E-state index contributed by atoms with van der Waals surface area (Å²) in [5, 5.41) is 3.44. The van der Waals surface area contributed by atoms with Crippen LogP contribution in [0.4, 0.5) is 4.39 Å². The van der Waals surface area contributed by atoms with E-state index in [2.05, 4.69) is 29.0 Å². The van der Waals surface area contributed by atoms with Crippen LogP contribution in [0.5, 0.6) is 0 Å². The highest BCUT2D eigenvalue weighted by Gasteiger charge is 2.25. The number of halogens is 1. The summed E-state index contributed by atoms with van der Waals surface area (Å²) in [6.07, 6.45) is 3.76. The number of aromatic nitrogens is 1. The lowest BCUT2D eigenvalue weighted by atomic mass is 10.0. The minimum absolute atomic E-state index is 0.237. The van der Waals surface area contributed by atoms with Crippen LogP contribution in [0, 0.1) is 5.82 Å². The van der Waals surface area contributed by atoms with E-state index in [4.69, 9.17) is 0 Å². The molecule has 0 amide bonds. The van der Waals surface area contributed by atoms with E-state index < -0.39 is 0 Å². The maximum absolute atomic E-state index is 12.9. The van der Waals surface area contributed by atoms with E-state index >= 15 is 0 Å². The first-order chi connectivity index (χ1) is 8.72. The Morgan fingerprint density at radius 1 is 1.56 bits per heavy atom. The van der Waals surface area contributed by atoms with E-state index in [-0.39, 0.29) is 11.9 Å². The highest BCUT2D eigenvalue weighted by atomic mass is 19.1. The molecule has 18 heavy (non-hydrogen) atoms. The Morgan fingerprint density at radius 2 is 2.39 bits per heavy atom. The molecule has 4 heteroatoms. The van der Waals surface area contributed by atoms with Gasteiger partial charge in [0.25, 0.3) is 0 Å². The van der Waals surface area contributed by atoms with Crippen molar-refractivity contribution in [1.29, 1.82) is 0 Å². The van der Waals surface area contributed by atoms with Crippen LogP contribution in [-0.2, 0) is 0 Å². The van der Waals surface area contributed by atoms with E-state index in [1.54, 1.807) is 6.07 Å². The Balaban J connectivity index is 2.08. The second kappa shape index (κ2) is 6.25. The molecule has 1 aromatic rings. The number of hydrogen-bond acceptors (Lipinski definition) is 3. The van der Waals surface area contributed by atoms with E-state index in [0.29, 0.717) is 6.04 Å². The first kappa shape index (κ1) is 13.4. The average Bonchev–Trinajstić information content (AvgIpc) is 2.41. The second-order valence-electron chi connectivity index (χ2n) is 4.91. The number of hydrogen-bond donors (Lipinski definition) is 1. The summed E-state index contributed by atoms with van der Waals surface area (Å²) in [6, 6.07) is 4.08. The molecule has 1 aliphatic rings. The van der Waals surface area contributed by atoms with Crippen LogP contribution in [0.1, 0.15) is 38.4 Å². The van der Waals surface area contributed by atoms with Gasteiger partial charge in [-0.15, -0.1) is 0 Å². The van der Waals surface area contributed by atoms with E-state index in [1.165, 1.54) is 25.1 Å². The quantitative estimate of drug-likeness (QED) is 0.890. The molecule has 0 bridgehead atoms. The topological polar surface area (TPSA) is 28.2 Å². The molecule has 1 aromatic heterocycles. The summed E-state index contributed by atoms with van der Waals surface area (Å²) >= 11 is 0. The SMILES string of the molecule is CCN(C1CCCNC1)C(C)c1ccc(F)cn1. The van der Waals surface area contributed by atoms with Gasteiger partial charge in [0.1, 0.15) is 5.82 Å². The predicted octanol–water partition coefficient (Wildman–Crippen LogP) is 2.36. The van der Waals surface area contributed by atoms with Gasteiger partial charge in [0, 0.05) is 18.6 Å². The summed E-state index contributed by atoms with van der Waals surface area (Å²) in [7, 11) is 0. The van der Waals surface area contributed by atoms with Gasteiger partial charge < -0.3 is 5.32 Å². The van der Waals surface area contributed by atoms with Gasteiger partial charge in [-0.3, -0.25) is 9.88 Å². The maximum atomic E-state index is 12.9. The van der Waals surface area contributed by atoms with Crippen LogP contribution in [0.2, 0.25) is 0 Å². The van der Waals surface area contributed by atoms with Crippen molar-refractivity contribution in [3.05, 3.63) is 29.8 Å². The van der Waals surface area contributed by atoms with Crippen LogP contribution in [-0.4, -0.2) is 35.6 Å². The molecule has 0 radical (unpaired) electrons. The van der Waals surface area contributed by atoms with Crippen LogP contribution >= 0.6 is 0 Å². The molecule has 2 rings (SSSR count). The molecule has 100 valence electrons. The maximum Gasteiger partial charge on any atom is 0.141 e. The molecule has 1 N–H and O–H groups in total. The van der Waals surface area contributed by atoms with Gasteiger partial charge in [-0.25, -0.2) is 4.39 Å². The predicted molar refractivity (Wildman–Crippen MR) is 70.9 cm³/mol. The minimum atomic E-state index is -0.270. The van der Waals surface area contributed by atoms with Crippen molar-refractivity contribution in [2.75, 3.05) is 19.6 Å². The smallest absolute Gasteiger partial charge is 0.141 e. The van der Waals surface area contributed by atoms with Gasteiger partial charge in [0.05, 0.1) is 11.9 Å². The molecule has 0 aliphatic carbocycles. The molecule has 2 atom stereocenters. The largest absolute Gasteiger partial charge is 0.315 e. The fourth-order valence-electron chi connectivity index (χ4n) is 2.77. The molecule has 1 saturated heterocycles. The Labute approximate surface area is 108 Å². The molecule has 2 unspecified atom stereocenters. The standard InChI is InChI=1S/C14H22FN3/c1-3-18(13-5-4-8-16-10-13)11(2)14-7-6-12(15)9-17-14/h6-7,9,11,13,16H,3-5,8,10H2,1-2H3. The van der Waals surface area contributed by atoms with Gasteiger partial charge in [-0.05, 0) is 45.0 Å². The second-order valence-corrected chi connectivity index (χ2v) is 4.91. The van der Waals surface area contributed by atoms with Crippen molar-refractivity contribution in [1.82, 2.24) is 15.2 Å². The molecule has 0 aromatic carbocycles. The van der Waals surface area contributed by atoms with Crippen LogP contribution in [0.15, 0.2) is 18.3 Å². The summed E-state index contributed by atoms with van der Waals surface area (Å²) in [5.41, 5.74) is 0.948. The number of pyridine rings is 1. The van der Waals surface area contributed by atoms with Crippen molar-refractivity contribution >= 4 is 0 Å². The lowest BCUT2D eigenvalue weighted by molar-refractivity contribution is 0.125. The number of piperidine rings is 1. The summed E-state index contributed by atoms with van der Waals surface area (Å²) in [4.78, 5) is 6.66. The zero-order chi connectivity index (χ0) is 13.0. The zero-order valence-corrected chi connectivity index (χ0v) is 11.2. The monoisotopic (exact) mass is 251 g/mol. The number of likely N-dealkylation sites (N-methyl/N-ethyl adjacent to an activating group) is 1. The average molecular weight is 251 g/mol. The van der Waals surface area contributed by atoms with Gasteiger partial charge in [0.15, 0.2) is 0 Å². The molecule has 0 saturated carbocycles. The minimum Gasteiger partial charge on any atom is -0.315 e. The first-order valence-corrected chi connectivity index (χ1v) is 6.80. The van der Waals surface area contributed by atoms with Crippen LogP contribution in [0.25, 0.3) is 0 Å².